The van der Waals surface area contributed by atoms with Gasteiger partial charge in [-0.25, -0.2) is 4.79 Å². The monoisotopic (exact) mass is 434 g/mol. The van der Waals surface area contributed by atoms with E-state index in [4.69, 9.17) is 4.74 Å². The zero-order chi connectivity index (χ0) is 22.0. The molecule has 3 heterocycles. The van der Waals surface area contributed by atoms with Gasteiger partial charge >= 0.3 is 6.03 Å². The number of morpholine rings is 1. The molecule has 4 rings (SSSR count). The molecule has 0 aromatic rings. The molecule has 4 amide bonds. The van der Waals surface area contributed by atoms with Gasteiger partial charge in [0.1, 0.15) is 5.54 Å². The summed E-state index contributed by atoms with van der Waals surface area (Å²) in [4.78, 5) is 43.7. The molecule has 8 heteroatoms. The van der Waals surface area contributed by atoms with Gasteiger partial charge in [0.15, 0.2) is 0 Å². The van der Waals surface area contributed by atoms with Crippen molar-refractivity contribution < 1.29 is 19.1 Å². The van der Waals surface area contributed by atoms with Crippen LogP contribution in [0, 0.1) is 5.92 Å². The Kier molecular flexibility index (Phi) is 6.86. The molecule has 3 aliphatic heterocycles. The lowest BCUT2D eigenvalue weighted by Crippen LogP contribution is -2.49. The van der Waals surface area contributed by atoms with Crippen molar-refractivity contribution >= 4 is 17.8 Å². The predicted octanol–water partition coefficient (Wildman–Crippen LogP) is 1.98. The SMILES string of the molecule is CC1CN(CC2CCN(C(=O)CCN3C(=O)NC4(CCCCC4)C3=O)CC2)CC(C)O1. The first-order chi connectivity index (χ1) is 14.9. The highest BCUT2D eigenvalue weighted by Gasteiger charge is 2.51. The first-order valence-corrected chi connectivity index (χ1v) is 12.2. The smallest absolute Gasteiger partial charge is 0.325 e. The number of urea groups is 1. The number of amides is 4. The average molecular weight is 435 g/mol. The van der Waals surface area contributed by atoms with Crippen LogP contribution in [0.5, 0.6) is 0 Å². The third-order valence-corrected chi connectivity index (χ3v) is 7.48. The van der Waals surface area contributed by atoms with Gasteiger partial charge < -0.3 is 15.0 Å². The van der Waals surface area contributed by atoms with Crippen LogP contribution in [0.25, 0.3) is 0 Å². The lowest BCUT2D eigenvalue weighted by atomic mass is 9.82. The molecule has 2 atom stereocenters. The Balaban J connectivity index is 1.21. The van der Waals surface area contributed by atoms with E-state index in [-0.39, 0.29) is 43.0 Å². The number of hydrogen-bond donors (Lipinski definition) is 1. The van der Waals surface area contributed by atoms with Gasteiger partial charge in [-0.05, 0) is 45.4 Å². The number of carbonyl (C=O) groups is 3. The molecule has 2 unspecified atom stereocenters. The van der Waals surface area contributed by atoms with Crippen LogP contribution in [0.1, 0.15) is 65.2 Å². The summed E-state index contributed by atoms with van der Waals surface area (Å²) in [5.41, 5.74) is -0.703. The third-order valence-electron chi connectivity index (χ3n) is 7.48. The minimum Gasteiger partial charge on any atom is -0.373 e. The number of piperidine rings is 1. The highest BCUT2D eigenvalue weighted by atomic mass is 16.5. The highest BCUT2D eigenvalue weighted by molar-refractivity contribution is 6.07. The molecule has 0 aromatic heterocycles. The maximum atomic E-state index is 12.9. The molecule has 0 aromatic carbocycles. The fourth-order valence-electron chi connectivity index (χ4n) is 5.90. The standard InChI is InChI=1S/C23H38N4O4/c1-17-14-25(15-18(2)31-17)16-19-6-11-26(12-7-19)20(28)8-13-27-21(29)23(24-22(27)30)9-4-3-5-10-23/h17-19H,3-16H2,1-2H3,(H,24,30). The van der Waals surface area contributed by atoms with Gasteiger partial charge in [-0.15, -0.1) is 0 Å². The molecule has 1 saturated carbocycles. The molecule has 1 spiro atoms. The normalized spacial score (nSPS) is 30.1. The lowest BCUT2D eigenvalue weighted by Gasteiger charge is -2.39. The van der Waals surface area contributed by atoms with Crippen molar-refractivity contribution in [2.24, 2.45) is 5.92 Å². The third kappa shape index (κ3) is 5.06. The minimum absolute atomic E-state index is 0.0530. The molecule has 4 aliphatic rings. The molecule has 1 N–H and O–H groups in total. The van der Waals surface area contributed by atoms with E-state index >= 15 is 0 Å². The van der Waals surface area contributed by atoms with E-state index < -0.39 is 5.54 Å². The Morgan fingerprint density at radius 3 is 2.35 bits per heavy atom. The van der Waals surface area contributed by atoms with E-state index in [1.807, 2.05) is 4.90 Å². The summed E-state index contributed by atoms with van der Waals surface area (Å²) in [6.45, 7) is 9.02. The van der Waals surface area contributed by atoms with Crippen LogP contribution in [0.4, 0.5) is 4.79 Å². The maximum absolute atomic E-state index is 12.9. The summed E-state index contributed by atoms with van der Waals surface area (Å²) in [5, 5.41) is 2.92. The number of carbonyl (C=O) groups excluding carboxylic acids is 3. The molecule has 0 radical (unpaired) electrons. The van der Waals surface area contributed by atoms with E-state index in [1.165, 1.54) is 4.90 Å². The van der Waals surface area contributed by atoms with E-state index in [0.29, 0.717) is 5.92 Å². The van der Waals surface area contributed by atoms with Crippen LogP contribution >= 0.6 is 0 Å². The molecule has 8 nitrogen and oxygen atoms in total. The Labute approximate surface area is 185 Å². The second kappa shape index (κ2) is 9.45. The maximum Gasteiger partial charge on any atom is 0.325 e. The van der Waals surface area contributed by atoms with Crippen molar-refractivity contribution in [1.29, 1.82) is 0 Å². The van der Waals surface area contributed by atoms with Gasteiger partial charge in [0.25, 0.3) is 5.91 Å². The Morgan fingerprint density at radius 1 is 1.06 bits per heavy atom. The molecular formula is C23H38N4O4. The second-order valence-corrected chi connectivity index (χ2v) is 10.1. The van der Waals surface area contributed by atoms with Crippen molar-refractivity contribution in [1.82, 2.24) is 20.0 Å². The van der Waals surface area contributed by atoms with Crippen LogP contribution in [0.15, 0.2) is 0 Å². The van der Waals surface area contributed by atoms with E-state index in [2.05, 4.69) is 24.1 Å². The van der Waals surface area contributed by atoms with Crippen molar-refractivity contribution in [3.63, 3.8) is 0 Å². The predicted molar refractivity (Wildman–Crippen MR) is 116 cm³/mol. The lowest BCUT2D eigenvalue weighted by molar-refractivity contribution is -0.135. The Hall–Kier alpha value is -1.67. The van der Waals surface area contributed by atoms with Crippen LogP contribution in [-0.4, -0.2) is 89.6 Å². The second-order valence-electron chi connectivity index (χ2n) is 10.1. The van der Waals surface area contributed by atoms with Gasteiger partial charge in [-0.3, -0.25) is 19.4 Å². The van der Waals surface area contributed by atoms with Gasteiger partial charge in [0.2, 0.25) is 5.91 Å². The van der Waals surface area contributed by atoms with Crippen LogP contribution in [-0.2, 0) is 14.3 Å². The molecule has 3 saturated heterocycles. The van der Waals surface area contributed by atoms with Gasteiger partial charge in [0, 0.05) is 45.7 Å². The topological polar surface area (TPSA) is 82.2 Å². The van der Waals surface area contributed by atoms with Gasteiger partial charge in [-0.2, -0.15) is 0 Å². The van der Waals surface area contributed by atoms with Crippen LogP contribution in [0.2, 0.25) is 0 Å². The minimum atomic E-state index is -0.703. The van der Waals surface area contributed by atoms with E-state index in [9.17, 15) is 14.4 Å². The zero-order valence-electron chi connectivity index (χ0n) is 19.1. The fraction of sp³-hybridized carbons (Fsp3) is 0.870. The summed E-state index contributed by atoms with van der Waals surface area (Å²) in [6.07, 6.45) is 7.29. The van der Waals surface area contributed by atoms with Crippen molar-refractivity contribution in [2.45, 2.75) is 83.0 Å². The highest BCUT2D eigenvalue weighted by Crippen LogP contribution is 2.33. The molecular weight excluding hydrogens is 396 g/mol. The van der Waals surface area contributed by atoms with Crippen molar-refractivity contribution in [3.8, 4) is 0 Å². The summed E-state index contributed by atoms with van der Waals surface area (Å²) >= 11 is 0. The number of imide groups is 1. The van der Waals surface area contributed by atoms with Crippen LogP contribution in [0.3, 0.4) is 0 Å². The number of hydrogen-bond acceptors (Lipinski definition) is 5. The average Bonchev–Trinajstić information content (AvgIpc) is 2.95. The van der Waals surface area contributed by atoms with Crippen LogP contribution < -0.4 is 5.32 Å². The van der Waals surface area contributed by atoms with E-state index in [1.54, 1.807) is 0 Å². The Morgan fingerprint density at radius 2 is 1.71 bits per heavy atom. The summed E-state index contributed by atoms with van der Waals surface area (Å²) in [5.74, 6) is 0.536. The molecule has 1 aliphatic carbocycles. The first kappa shape index (κ1) is 22.5. The largest absolute Gasteiger partial charge is 0.373 e. The number of likely N-dealkylation sites (tertiary alicyclic amines) is 1. The number of ether oxygens (including phenoxy) is 1. The van der Waals surface area contributed by atoms with Crippen molar-refractivity contribution in [3.05, 3.63) is 0 Å². The molecule has 0 bridgehead atoms. The van der Waals surface area contributed by atoms with Gasteiger partial charge in [0.05, 0.1) is 12.2 Å². The van der Waals surface area contributed by atoms with Gasteiger partial charge in [-0.1, -0.05) is 19.3 Å². The first-order valence-electron chi connectivity index (χ1n) is 12.2. The summed E-state index contributed by atoms with van der Waals surface area (Å²) in [7, 11) is 0. The number of rotatable bonds is 5. The zero-order valence-corrected chi connectivity index (χ0v) is 19.1. The fourth-order valence-corrected chi connectivity index (χ4v) is 5.90. The number of nitrogens with one attached hydrogen (secondary N) is 1. The summed E-state index contributed by atoms with van der Waals surface area (Å²) in [6, 6.07) is -0.327. The molecule has 174 valence electrons. The van der Waals surface area contributed by atoms with Crippen molar-refractivity contribution in [2.75, 3.05) is 39.3 Å². The van der Waals surface area contributed by atoms with E-state index in [0.717, 1.165) is 77.7 Å². The quantitative estimate of drug-likeness (QED) is 0.669. The molecule has 4 fully saturated rings. The number of nitrogens with zero attached hydrogens (tertiary/aromatic N) is 3. The Bertz CT molecular complexity index is 675. The summed E-state index contributed by atoms with van der Waals surface area (Å²) < 4.78 is 5.82. The molecule has 31 heavy (non-hydrogen) atoms.